The van der Waals surface area contributed by atoms with E-state index in [9.17, 15) is 0 Å². The molecule has 6 aromatic rings. The number of hydrogen-bond donors (Lipinski definition) is 0. The van der Waals surface area contributed by atoms with Gasteiger partial charge in [0, 0.05) is 40.1 Å². The third kappa shape index (κ3) is 5.41. The van der Waals surface area contributed by atoms with Gasteiger partial charge in [-0.25, -0.2) is 0 Å². The lowest BCUT2D eigenvalue weighted by Gasteiger charge is -2.45. The molecule has 5 heteroatoms. The maximum Gasteiger partial charge on any atom is 0.252 e. The lowest BCUT2D eigenvalue weighted by Crippen LogP contribution is -2.61. The van der Waals surface area contributed by atoms with Gasteiger partial charge in [0.1, 0.15) is 0 Å². The van der Waals surface area contributed by atoms with Gasteiger partial charge in [-0.15, -0.1) is 0 Å². The number of anilines is 6. The smallest absolute Gasteiger partial charge is 0.252 e. The highest BCUT2D eigenvalue weighted by Gasteiger charge is 2.46. The Morgan fingerprint density at radius 1 is 0.561 bits per heavy atom. The van der Waals surface area contributed by atoms with E-state index in [-0.39, 0.29) is 29.8 Å². The van der Waals surface area contributed by atoms with Crippen LogP contribution in [0.5, 0.6) is 11.5 Å². The average Bonchev–Trinajstić information content (AvgIpc) is 3.84. The molecule has 3 heterocycles. The number of aryl methyl sites for hydroxylation is 1. The molecule has 4 nitrogen and oxygen atoms in total. The lowest BCUT2D eigenvalue weighted by molar-refractivity contribution is 0.174. The van der Waals surface area contributed by atoms with Gasteiger partial charge in [0.15, 0.2) is 11.5 Å². The summed E-state index contributed by atoms with van der Waals surface area (Å²) in [7, 11) is 0. The van der Waals surface area contributed by atoms with Crippen LogP contribution < -0.4 is 35.7 Å². The van der Waals surface area contributed by atoms with Gasteiger partial charge in [-0.2, -0.15) is 0 Å². The van der Waals surface area contributed by atoms with Crippen LogP contribution in [0.25, 0.3) is 11.1 Å². The Hall–Kier alpha value is -5.42. The quantitative estimate of drug-likeness (QED) is 0.168. The summed E-state index contributed by atoms with van der Waals surface area (Å²) in [6, 6.07) is 39.9. The van der Waals surface area contributed by atoms with E-state index in [1.165, 1.54) is 83.6 Å². The van der Waals surface area contributed by atoms with Crippen LogP contribution in [0, 0.1) is 17.8 Å². The molecule has 0 spiro atoms. The van der Waals surface area contributed by atoms with Crippen molar-refractivity contribution in [2.24, 2.45) is 10.8 Å². The Labute approximate surface area is 338 Å². The third-order valence-corrected chi connectivity index (χ3v) is 13.3. The van der Waals surface area contributed by atoms with Gasteiger partial charge in [0.2, 0.25) is 6.79 Å². The van der Waals surface area contributed by atoms with E-state index >= 15 is 0 Å². The molecule has 11 rings (SSSR count). The molecule has 284 valence electrons. The van der Waals surface area contributed by atoms with Crippen LogP contribution in [-0.2, 0) is 31.1 Å². The predicted octanol–water partition coefficient (Wildman–Crippen LogP) is 11.0. The molecule has 6 aromatic carbocycles. The second kappa shape index (κ2) is 11.8. The Bertz CT molecular complexity index is 2690. The maximum atomic E-state index is 6.19. The van der Waals surface area contributed by atoms with Crippen molar-refractivity contribution in [3.05, 3.63) is 137 Å². The summed E-state index contributed by atoms with van der Waals surface area (Å²) >= 11 is 0. The number of benzene rings is 6. The van der Waals surface area contributed by atoms with Gasteiger partial charge in [0.25, 0.3) is 6.71 Å². The van der Waals surface area contributed by atoms with Crippen molar-refractivity contribution in [1.82, 2.24) is 0 Å². The first kappa shape index (κ1) is 34.8. The molecular formula is C52H51BN2O2. The van der Waals surface area contributed by atoms with E-state index in [1.807, 2.05) is 0 Å². The zero-order valence-electron chi connectivity index (χ0n) is 34.6. The van der Waals surface area contributed by atoms with E-state index in [0.717, 1.165) is 48.6 Å². The van der Waals surface area contributed by atoms with Crippen molar-refractivity contribution in [2.75, 3.05) is 16.6 Å². The van der Waals surface area contributed by atoms with E-state index in [4.69, 9.17) is 9.47 Å². The Morgan fingerprint density at radius 3 is 1.89 bits per heavy atom. The molecule has 0 fully saturated rings. The highest BCUT2D eigenvalue weighted by atomic mass is 16.7. The van der Waals surface area contributed by atoms with Crippen molar-refractivity contribution in [3.8, 4) is 22.6 Å². The molecule has 0 radical (unpaired) electrons. The summed E-state index contributed by atoms with van der Waals surface area (Å²) < 4.78 is 12.4. The standard InChI is InChI=1S/C52H51BN2O2/c1-31-18-45-49-46(19-31)55(42-17-15-37(50(2,3)4)23-39(42)32-12-10-9-11-13-32)44-25-48-47(56-30-57-48)24-41(44)53(49)40-21-35-28-52(7,8)29-36(35)22-43(40)54(45)38-16-14-33-26-51(5,6)27-34(33)20-38/h9-25H,26-30H2,1-8H3. The minimum Gasteiger partial charge on any atom is -0.454 e. The van der Waals surface area contributed by atoms with Crippen LogP contribution in [0.3, 0.4) is 0 Å². The number of ether oxygens (including phenoxy) is 2. The zero-order chi connectivity index (χ0) is 39.2. The van der Waals surface area contributed by atoms with Gasteiger partial charge < -0.3 is 19.3 Å². The summed E-state index contributed by atoms with van der Waals surface area (Å²) in [6.07, 6.45) is 4.41. The third-order valence-electron chi connectivity index (χ3n) is 13.3. The summed E-state index contributed by atoms with van der Waals surface area (Å²) in [5.41, 5.74) is 22.7. The minimum atomic E-state index is -0.00836. The van der Waals surface area contributed by atoms with E-state index in [2.05, 4.69) is 168 Å². The van der Waals surface area contributed by atoms with Crippen LogP contribution in [0.4, 0.5) is 34.1 Å². The number of nitrogens with zero attached hydrogens (tertiary/aromatic N) is 2. The van der Waals surface area contributed by atoms with Crippen molar-refractivity contribution >= 4 is 57.2 Å². The SMILES string of the molecule is Cc1cc2c3c(c1)N(c1ccc(C(C)(C)C)cc1-c1ccccc1)c1cc4c(cc1B3c1cc3c(cc1N2c1ccc2c(c1)CC(C)(C)C2)CC(C)(C)C3)OCO4. The number of hydrogen-bond acceptors (Lipinski definition) is 4. The summed E-state index contributed by atoms with van der Waals surface area (Å²) in [4.78, 5) is 5.16. The maximum absolute atomic E-state index is 6.19. The first-order valence-electron chi connectivity index (χ1n) is 20.9. The molecule has 0 unspecified atom stereocenters. The second-order valence-corrected chi connectivity index (χ2v) is 20.1. The van der Waals surface area contributed by atoms with Gasteiger partial charge in [-0.1, -0.05) is 97.0 Å². The molecule has 3 aliphatic heterocycles. The molecule has 0 saturated heterocycles. The van der Waals surface area contributed by atoms with Gasteiger partial charge in [-0.05, 0) is 153 Å². The molecule has 0 bridgehead atoms. The molecule has 0 atom stereocenters. The van der Waals surface area contributed by atoms with Crippen LogP contribution >= 0.6 is 0 Å². The van der Waals surface area contributed by atoms with Crippen LogP contribution in [0.15, 0.2) is 103 Å². The Kier molecular flexibility index (Phi) is 7.22. The highest BCUT2D eigenvalue weighted by molar-refractivity contribution is 7.00. The summed E-state index contributed by atoms with van der Waals surface area (Å²) in [5.74, 6) is 1.63. The second-order valence-electron chi connectivity index (χ2n) is 20.1. The van der Waals surface area contributed by atoms with Crippen LogP contribution in [0.2, 0.25) is 0 Å². The van der Waals surface area contributed by atoms with Crippen molar-refractivity contribution in [2.45, 2.75) is 86.5 Å². The Balaban J connectivity index is 1.22. The first-order chi connectivity index (χ1) is 27.2. The van der Waals surface area contributed by atoms with Crippen LogP contribution in [0.1, 0.15) is 81.8 Å². The van der Waals surface area contributed by atoms with E-state index in [0.29, 0.717) is 0 Å². The fraction of sp³-hybridized carbons (Fsp3) is 0.308. The van der Waals surface area contributed by atoms with Crippen molar-refractivity contribution in [3.63, 3.8) is 0 Å². The fourth-order valence-electron chi connectivity index (χ4n) is 10.8. The normalized spacial score (nSPS) is 17.6. The molecule has 2 aliphatic carbocycles. The van der Waals surface area contributed by atoms with E-state index in [1.54, 1.807) is 0 Å². The minimum absolute atomic E-state index is 0.00836. The van der Waals surface area contributed by atoms with Gasteiger partial charge >= 0.3 is 0 Å². The molecule has 0 aromatic heterocycles. The summed E-state index contributed by atoms with van der Waals surface area (Å²) in [6.45, 7) is 19.1. The molecule has 57 heavy (non-hydrogen) atoms. The topological polar surface area (TPSA) is 24.9 Å². The highest BCUT2D eigenvalue weighted by Crippen LogP contribution is 2.51. The predicted molar refractivity (Wildman–Crippen MR) is 238 cm³/mol. The molecule has 0 saturated carbocycles. The number of fused-ring (bicyclic) bond motifs is 7. The lowest BCUT2D eigenvalue weighted by atomic mass is 9.33. The fourth-order valence-corrected chi connectivity index (χ4v) is 10.8. The molecule has 0 N–H and O–H groups in total. The van der Waals surface area contributed by atoms with Crippen LogP contribution in [-0.4, -0.2) is 13.5 Å². The van der Waals surface area contributed by atoms with Gasteiger partial charge in [0.05, 0.1) is 5.69 Å². The largest absolute Gasteiger partial charge is 0.454 e. The van der Waals surface area contributed by atoms with Crippen molar-refractivity contribution < 1.29 is 9.47 Å². The Morgan fingerprint density at radius 2 is 1.18 bits per heavy atom. The molecular weight excluding hydrogens is 695 g/mol. The monoisotopic (exact) mass is 746 g/mol. The number of rotatable bonds is 3. The summed E-state index contributed by atoms with van der Waals surface area (Å²) in [5, 5.41) is 0. The average molecular weight is 747 g/mol. The van der Waals surface area contributed by atoms with Crippen molar-refractivity contribution in [1.29, 1.82) is 0 Å². The van der Waals surface area contributed by atoms with E-state index < -0.39 is 0 Å². The molecule has 0 amide bonds. The van der Waals surface area contributed by atoms with Gasteiger partial charge in [-0.3, -0.25) is 0 Å². The molecule has 5 aliphatic rings. The first-order valence-corrected chi connectivity index (χ1v) is 20.9. The zero-order valence-corrected chi connectivity index (χ0v) is 34.6.